The van der Waals surface area contributed by atoms with Gasteiger partial charge in [0.1, 0.15) is 18.1 Å². The number of carbonyl (C=O) groups is 5. The summed E-state index contributed by atoms with van der Waals surface area (Å²) in [5.41, 5.74) is -1.40. The second kappa shape index (κ2) is 17.8. The highest BCUT2D eigenvalue weighted by Crippen LogP contribution is 2.20. The molecule has 0 saturated heterocycles. The van der Waals surface area contributed by atoms with Gasteiger partial charge in [-0.15, -0.1) is 0 Å². The Morgan fingerprint density at radius 1 is 1.02 bits per heavy atom. The van der Waals surface area contributed by atoms with Crippen molar-refractivity contribution < 1.29 is 33.8 Å². The summed E-state index contributed by atoms with van der Waals surface area (Å²) in [5.74, 6) is 3.86. The minimum atomic E-state index is -1.40. The van der Waals surface area contributed by atoms with Crippen molar-refractivity contribution in [2.24, 2.45) is 11.8 Å². The summed E-state index contributed by atoms with van der Waals surface area (Å²) in [6.45, 7) is 13.2. The van der Waals surface area contributed by atoms with Crippen LogP contribution in [0.25, 0.3) is 0 Å². The zero-order chi connectivity index (χ0) is 31.2. The fourth-order valence-corrected chi connectivity index (χ4v) is 4.23. The Kier molecular flexibility index (Phi) is 16.5. The molecule has 0 aromatic rings. The molecule has 14 nitrogen and oxygen atoms in total. The van der Waals surface area contributed by atoms with Crippen LogP contribution < -0.4 is 16.5 Å². The molecule has 0 heterocycles. The predicted octanol–water partition coefficient (Wildman–Crippen LogP) is -0.638. The lowest BCUT2D eigenvalue weighted by atomic mass is 9.95. The van der Waals surface area contributed by atoms with Crippen LogP contribution in [-0.4, -0.2) is 133 Å². The lowest BCUT2D eigenvalue weighted by Crippen LogP contribution is -2.63. The van der Waals surface area contributed by atoms with Crippen molar-refractivity contribution in [3.8, 4) is 0 Å². The molecule has 0 saturated carbocycles. The Morgan fingerprint density at radius 2 is 1.60 bits per heavy atom. The van der Waals surface area contributed by atoms with Gasteiger partial charge in [0.25, 0.3) is 5.91 Å². The molecule has 0 aromatic heterocycles. The summed E-state index contributed by atoms with van der Waals surface area (Å²) in [7, 11) is 4.11. The molecule has 0 aliphatic carbocycles. The predicted molar refractivity (Wildman–Crippen MR) is 151 cm³/mol. The Hall–Kier alpha value is -2.81. The van der Waals surface area contributed by atoms with Gasteiger partial charge < -0.3 is 29.9 Å². The molecular formula is C26H51N7O7. The van der Waals surface area contributed by atoms with Gasteiger partial charge in [0.2, 0.25) is 18.2 Å². The van der Waals surface area contributed by atoms with Crippen molar-refractivity contribution in [3.05, 3.63) is 0 Å². The molecule has 0 unspecified atom stereocenters. The monoisotopic (exact) mass is 573 g/mol. The molecule has 0 spiro atoms. The summed E-state index contributed by atoms with van der Waals surface area (Å²) in [6.07, 6.45) is 0.690. The second-order valence-electron chi connectivity index (χ2n) is 10.7. The van der Waals surface area contributed by atoms with Crippen molar-refractivity contribution in [1.82, 2.24) is 30.3 Å². The fraction of sp³-hybridized carbons (Fsp3) is 0.808. The lowest BCUT2D eigenvalue weighted by molar-refractivity contribution is -0.154. The number of urea groups is 1. The molecule has 0 fully saturated rings. The molecule has 0 aromatic carbocycles. The number of amides is 6. The number of hydrazine groups is 1. The van der Waals surface area contributed by atoms with E-state index in [1.54, 1.807) is 13.8 Å². The molecule has 6 amide bonds. The Bertz CT molecular complexity index is 831. The number of rotatable bonds is 18. The average molecular weight is 574 g/mol. The molecule has 0 bridgehead atoms. The molecule has 0 aliphatic rings. The standard InChI is InChI=1S/C26H51N7O7/c1-10-32(11-2)13-12-14-40-16-20(31(9)25(38)29-17-34)23(36)30(8)19(15-26(5,6)39)24(37)33(27)21(18(3)4)22(35)28-7/h17-21,39H,10-16,27H2,1-9H3,(H,28,35)(H,29,34,38)/t19-,20+,21+/m0/s1. The Balaban J connectivity index is 6.11. The summed E-state index contributed by atoms with van der Waals surface area (Å²) in [5, 5.41) is 15.8. The summed E-state index contributed by atoms with van der Waals surface area (Å²) in [4.78, 5) is 67.5. The molecule has 14 heteroatoms. The van der Waals surface area contributed by atoms with E-state index in [2.05, 4.69) is 24.1 Å². The van der Waals surface area contributed by atoms with E-state index in [0.29, 0.717) is 13.0 Å². The third kappa shape index (κ3) is 11.7. The van der Waals surface area contributed by atoms with Crippen LogP contribution in [0.4, 0.5) is 4.79 Å². The first-order valence-corrected chi connectivity index (χ1v) is 13.6. The van der Waals surface area contributed by atoms with E-state index < -0.39 is 47.5 Å². The summed E-state index contributed by atoms with van der Waals surface area (Å²) < 4.78 is 5.75. The van der Waals surface area contributed by atoms with Crippen molar-refractivity contribution in [3.63, 3.8) is 0 Å². The molecule has 0 rings (SSSR count). The van der Waals surface area contributed by atoms with Crippen molar-refractivity contribution >= 4 is 30.2 Å². The number of ether oxygens (including phenoxy) is 1. The molecule has 40 heavy (non-hydrogen) atoms. The molecule has 232 valence electrons. The van der Waals surface area contributed by atoms with Crippen molar-refractivity contribution in [2.75, 3.05) is 54.0 Å². The maximum atomic E-state index is 13.8. The zero-order valence-corrected chi connectivity index (χ0v) is 25.6. The number of nitrogens with one attached hydrogen (secondary N) is 2. The van der Waals surface area contributed by atoms with Crippen LogP contribution in [0.5, 0.6) is 0 Å². The van der Waals surface area contributed by atoms with Crippen LogP contribution in [0.1, 0.15) is 54.4 Å². The van der Waals surface area contributed by atoms with Crippen LogP contribution in [0.15, 0.2) is 0 Å². The number of aliphatic hydroxyl groups is 1. The van der Waals surface area contributed by atoms with Gasteiger partial charge >= 0.3 is 6.03 Å². The van der Waals surface area contributed by atoms with E-state index in [9.17, 15) is 29.1 Å². The number of hydrogen-bond donors (Lipinski definition) is 4. The number of imide groups is 1. The first-order valence-electron chi connectivity index (χ1n) is 13.6. The highest BCUT2D eigenvalue weighted by Gasteiger charge is 2.41. The third-order valence-corrected chi connectivity index (χ3v) is 6.68. The topological polar surface area (TPSA) is 178 Å². The minimum absolute atomic E-state index is 0.201. The zero-order valence-electron chi connectivity index (χ0n) is 25.6. The third-order valence-electron chi connectivity index (χ3n) is 6.68. The van der Waals surface area contributed by atoms with Crippen molar-refractivity contribution in [1.29, 1.82) is 0 Å². The van der Waals surface area contributed by atoms with Gasteiger partial charge in [-0.1, -0.05) is 27.7 Å². The SMILES string of the molecule is CCN(CC)CCCOC[C@H](C(=O)N(C)[C@@H](CC(C)(C)O)C(=O)N(N)[C@@H](C(=O)NC)C(C)C)N(C)C(=O)NC=O. The van der Waals surface area contributed by atoms with Gasteiger partial charge in [0.15, 0.2) is 0 Å². The Morgan fingerprint density at radius 3 is 2.05 bits per heavy atom. The lowest BCUT2D eigenvalue weighted by Gasteiger charge is -2.39. The number of nitrogens with two attached hydrogens (primary N) is 1. The largest absolute Gasteiger partial charge is 0.390 e. The highest BCUT2D eigenvalue weighted by atomic mass is 16.5. The highest BCUT2D eigenvalue weighted by molar-refractivity contribution is 5.94. The summed E-state index contributed by atoms with van der Waals surface area (Å²) in [6, 6.07) is -4.35. The van der Waals surface area contributed by atoms with Crippen LogP contribution in [0, 0.1) is 5.92 Å². The van der Waals surface area contributed by atoms with E-state index in [1.165, 1.54) is 35.0 Å². The van der Waals surface area contributed by atoms with E-state index in [0.717, 1.165) is 34.4 Å². The van der Waals surface area contributed by atoms with E-state index in [4.69, 9.17) is 10.6 Å². The average Bonchev–Trinajstić information content (AvgIpc) is 2.89. The summed E-state index contributed by atoms with van der Waals surface area (Å²) >= 11 is 0. The maximum Gasteiger partial charge on any atom is 0.324 e. The maximum absolute atomic E-state index is 13.8. The number of hydrogen-bond acceptors (Lipinski definition) is 9. The number of nitrogens with zero attached hydrogens (tertiary/aromatic N) is 4. The fourth-order valence-electron chi connectivity index (χ4n) is 4.23. The molecule has 0 aliphatic heterocycles. The van der Waals surface area contributed by atoms with Crippen LogP contribution in [0.3, 0.4) is 0 Å². The van der Waals surface area contributed by atoms with Crippen LogP contribution in [0.2, 0.25) is 0 Å². The van der Waals surface area contributed by atoms with Gasteiger partial charge in [-0.05, 0) is 39.3 Å². The number of likely N-dealkylation sites (N-methyl/N-ethyl adjacent to an activating group) is 3. The first-order chi connectivity index (χ1) is 18.6. The molecule has 3 atom stereocenters. The van der Waals surface area contributed by atoms with Gasteiger partial charge in [0.05, 0.1) is 12.2 Å². The normalized spacial score (nSPS) is 13.8. The molecule has 5 N–H and O–H groups in total. The van der Waals surface area contributed by atoms with Crippen LogP contribution in [-0.2, 0) is 23.9 Å². The van der Waals surface area contributed by atoms with Gasteiger partial charge in [-0.2, -0.15) is 0 Å². The van der Waals surface area contributed by atoms with Gasteiger partial charge in [-0.25, -0.2) is 10.6 Å². The van der Waals surface area contributed by atoms with Crippen LogP contribution >= 0.6 is 0 Å². The van der Waals surface area contributed by atoms with E-state index in [-0.39, 0.29) is 25.4 Å². The number of carbonyl (C=O) groups excluding carboxylic acids is 5. The molecule has 0 radical (unpaired) electrons. The minimum Gasteiger partial charge on any atom is -0.390 e. The first kappa shape index (κ1) is 37.2. The van der Waals surface area contributed by atoms with E-state index >= 15 is 0 Å². The Labute approximate surface area is 238 Å². The molecular weight excluding hydrogens is 522 g/mol. The second-order valence-corrected chi connectivity index (χ2v) is 10.7. The van der Waals surface area contributed by atoms with Gasteiger partial charge in [0, 0.05) is 40.7 Å². The smallest absolute Gasteiger partial charge is 0.324 e. The van der Waals surface area contributed by atoms with Gasteiger partial charge in [-0.3, -0.25) is 29.5 Å². The quantitative estimate of drug-likeness (QED) is 0.0546. The van der Waals surface area contributed by atoms with Crippen molar-refractivity contribution in [2.45, 2.75) is 78.1 Å². The van der Waals surface area contributed by atoms with E-state index in [1.807, 2.05) is 5.32 Å².